The topological polar surface area (TPSA) is 19.0 Å². The minimum Gasteiger partial charge on any atom is -0.353 e. The van der Waals surface area contributed by atoms with Crippen molar-refractivity contribution in [2.45, 2.75) is 32.2 Å². The molecular formula is C12H18N2S. The van der Waals surface area contributed by atoms with E-state index in [1.54, 1.807) is 0 Å². The number of H-pyrrole nitrogens is 1. The van der Waals surface area contributed by atoms with Gasteiger partial charge in [0, 0.05) is 17.8 Å². The number of piperidine rings is 1. The average Bonchev–Trinajstić information content (AvgIpc) is 2.30. The van der Waals surface area contributed by atoms with Crippen molar-refractivity contribution in [3.05, 3.63) is 28.5 Å². The molecule has 82 valence electrons. The molecule has 0 saturated carbocycles. The summed E-state index contributed by atoms with van der Waals surface area (Å²) < 4.78 is 0.905. The van der Waals surface area contributed by atoms with Gasteiger partial charge in [0.15, 0.2) is 0 Å². The molecule has 0 bridgehead atoms. The first kappa shape index (κ1) is 10.8. The summed E-state index contributed by atoms with van der Waals surface area (Å²) >= 11 is 5.35. The van der Waals surface area contributed by atoms with Crippen molar-refractivity contribution in [2.24, 2.45) is 0 Å². The Labute approximate surface area is 96.3 Å². The summed E-state index contributed by atoms with van der Waals surface area (Å²) in [4.78, 5) is 5.66. The normalized spacial score (nSPS) is 22.9. The molecule has 1 atom stereocenters. The Bertz CT molecular complexity index is 372. The maximum atomic E-state index is 5.35. The maximum absolute atomic E-state index is 5.35. The van der Waals surface area contributed by atoms with E-state index in [2.05, 4.69) is 22.9 Å². The molecule has 2 heterocycles. The molecular weight excluding hydrogens is 204 g/mol. The van der Waals surface area contributed by atoms with E-state index >= 15 is 0 Å². The van der Waals surface area contributed by atoms with Crippen LogP contribution in [0.3, 0.4) is 0 Å². The summed E-state index contributed by atoms with van der Waals surface area (Å²) in [5, 5.41) is 0. The molecule has 0 spiro atoms. The first-order chi connectivity index (χ1) is 7.33. The zero-order chi connectivity index (χ0) is 10.7. The molecule has 15 heavy (non-hydrogen) atoms. The second kappa shape index (κ2) is 4.90. The number of rotatable bonds is 2. The van der Waals surface area contributed by atoms with Gasteiger partial charge in [-0.15, -0.1) is 0 Å². The third-order valence-corrected chi connectivity index (χ3v) is 3.58. The van der Waals surface area contributed by atoms with Crippen molar-refractivity contribution < 1.29 is 0 Å². The molecule has 1 aliphatic heterocycles. The number of hydrogen-bond acceptors (Lipinski definition) is 2. The predicted octanol–water partition coefficient (Wildman–Crippen LogP) is 3.29. The minimum atomic E-state index is 0.536. The van der Waals surface area contributed by atoms with Gasteiger partial charge >= 0.3 is 0 Å². The number of nitrogens with zero attached hydrogens (tertiary/aromatic N) is 1. The Hall–Kier alpha value is -0.670. The van der Waals surface area contributed by atoms with Gasteiger partial charge in [-0.3, -0.25) is 4.90 Å². The molecule has 1 fully saturated rings. The van der Waals surface area contributed by atoms with Gasteiger partial charge in [0.25, 0.3) is 0 Å². The van der Waals surface area contributed by atoms with Crippen molar-refractivity contribution in [3.63, 3.8) is 0 Å². The van der Waals surface area contributed by atoms with E-state index in [1.807, 2.05) is 12.3 Å². The molecule has 2 rings (SSSR count). The van der Waals surface area contributed by atoms with Crippen LogP contribution in [0.5, 0.6) is 0 Å². The smallest absolute Gasteiger partial charge is 0.108 e. The minimum absolute atomic E-state index is 0.536. The lowest BCUT2D eigenvalue weighted by molar-refractivity contribution is 0.156. The fraction of sp³-hybridized carbons (Fsp3) is 0.583. The van der Waals surface area contributed by atoms with Gasteiger partial charge in [-0.25, -0.2) is 0 Å². The van der Waals surface area contributed by atoms with Gasteiger partial charge in [0.05, 0.1) is 0 Å². The van der Waals surface area contributed by atoms with Crippen LogP contribution in [0.15, 0.2) is 18.3 Å². The van der Waals surface area contributed by atoms with Crippen LogP contribution in [0.2, 0.25) is 0 Å². The van der Waals surface area contributed by atoms with E-state index < -0.39 is 0 Å². The van der Waals surface area contributed by atoms with Crippen LogP contribution in [-0.4, -0.2) is 23.0 Å². The van der Waals surface area contributed by atoms with Crippen LogP contribution in [0.1, 0.15) is 37.8 Å². The number of aromatic amines is 1. The fourth-order valence-corrected chi connectivity index (χ4v) is 2.69. The molecule has 0 amide bonds. The van der Waals surface area contributed by atoms with Gasteiger partial charge in [-0.2, -0.15) is 0 Å². The predicted molar refractivity (Wildman–Crippen MR) is 65.5 cm³/mol. The van der Waals surface area contributed by atoms with Gasteiger partial charge in [0.2, 0.25) is 0 Å². The fourth-order valence-electron chi connectivity index (χ4n) is 2.42. The van der Waals surface area contributed by atoms with Crippen LogP contribution in [-0.2, 0) is 0 Å². The van der Waals surface area contributed by atoms with E-state index in [0.717, 1.165) is 11.2 Å². The van der Waals surface area contributed by atoms with Crippen LogP contribution >= 0.6 is 12.2 Å². The average molecular weight is 222 g/mol. The lowest BCUT2D eigenvalue weighted by atomic mass is 9.96. The quantitative estimate of drug-likeness (QED) is 0.774. The van der Waals surface area contributed by atoms with Crippen molar-refractivity contribution >= 4 is 12.2 Å². The number of likely N-dealkylation sites (tertiary alicyclic amines) is 1. The van der Waals surface area contributed by atoms with Crippen LogP contribution in [0.4, 0.5) is 0 Å². The van der Waals surface area contributed by atoms with Gasteiger partial charge < -0.3 is 4.98 Å². The van der Waals surface area contributed by atoms with Crippen molar-refractivity contribution in [1.29, 1.82) is 0 Å². The lowest BCUT2D eigenvalue weighted by Crippen LogP contribution is -2.33. The highest BCUT2D eigenvalue weighted by molar-refractivity contribution is 7.71. The third kappa shape index (κ3) is 2.29. The summed E-state index contributed by atoms with van der Waals surface area (Å²) in [6.07, 6.45) is 5.80. The maximum Gasteiger partial charge on any atom is 0.108 e. The summed E-state index contributed by atoms with van der Waals surface area (Å²) in [5.41, 5.74) is 1.30. The zero-order valence-corrected chi connectivity index (χ0v) is 10.0. The summed E-state index contributed by atoms with van der Waals surface area (Å²) in [6.45, 7) is 4.56. The van der Waals surface area contributed by atoms with Crippen LogP contribution < -0.4 is 0 Å². The molecule has 1 aromatic rings. The molecule has 0 aromatic carbocycles. The van der Waals surface area contributed by atoms with Crippen LogP contribution in [0.25, 0.3) is 0 Å². The molecule has 1 unspecified atom stereocenters. The Morgan fingerprint density at radius 3 is 3.13 bits per heavy atom. The van der Waals surface area contributed by atoms with E-state index in [4.69, 9.17) is 12.2 Å². The molecule has 1 saturated heterocycles. The second-order valence-corrected chi connectivity index (χ2v) is 4.50. The molecule has 1 aliphatic rings. The SMILES string of the molecule is CCN1CCCCC1c1ccc[nH]c1=S. The lowest BCUT2D eigenvalue weighted by Gasteiger charge is -2.35. The van der Waals surface area contributed by atoms with E-state index in [1.165, 1.54) is 31.4 Å². The summed E-state index contributed by atoms with van der Waals surface area (Å²) in [5.74, 6) is 0. The number of nitrogens with one attached hydrogen (secondary N) is 1. The number of aromatic nitrogens is 1. The Kier molecular flexibility index (Phi) is 3.54. The standard InChI is InChI=1S/C12H18N2S/c1-2-14-9-4-3-7-11(14)10-6-5-8-13-12(10)15/h5-6,8,11H,2-4,7,9H2,1H3,(H,13,15). The summed E-state index contributed by atoms with van der Waals surface area (Å²) in [6, 6.07) is 4.75. The second-order valence-electron chi connectivity index (χ2n) is 4.09. The monoisotopic (exact) mass is 222 g/mol. The Morgan fingerprint density at radius 1 is 1.53 bits per heavy atom. The van der Waals surface area contributed by atoms with E-state index in [-0.39, 0.29) is 0 Å². The molecule has 0 radical (unpaired) electrons. The van der Waals surface area contributed by atoms with E-state index in [9.17, 15) is 0 Å². The molecule has 0 aliphatic carbocycles. The highest BCUT2D eigenvalue weighted by Gasteiger charge is 2.23. The first-order valence-electron chi connectivity index (χ1n) is 5.74. The van der Waals surface area contributed by atoms with Gasteiger partial charge in [0.1, 0.15) is 4.64 Å². The number of pyridine rings is 1. The van der Waals surface area contributed by atoms with Gasteiger partial charge in [-0.1, -0.05) is 31.6 Å². The third-order valence-electron chi connectivity index (χ3n) is 3.23. The Balaban J connectivity index is 2.28. The molecule has 1 aromatic heterocycles. The van der Waals surface area contributed by atoms with Crippen molar-refractivity contribution in [2.75, 3.05) is 13.1 Å². The van der Waals surface area contributed by atoms with Gasteiger partial charge in [-0.05, 0) is 32.0 Å². The van der Waals surface area contributed by atoms with E-state index in [0.29, 0.717) is 6.04 Å². The molecule has 2 nitrogen and oxygen atoms in total. The first-order valence-corrected chi connectivity index (χ1v) is 6.15. The summed E-state index contributed by atoms with van der Waals surface area (Å²) in [7, 11) is 0. The highest BCUT2D eigenvalue weighted by atomic mass is 32.1. The highest BCUT2D eigenvalue weighted by Crippen LogP contribution is 2.30. The van der Waals surface area contributed by atoms with Crippen molar-refractivity contribution in [3.8, 4) is 0 Å². The molecule has 1 N–H and O–H groups in total. The number of hydrogen-bond donors (Lipinski definition) is 1. The largest absolute Gasteiger partial charge is 0.353 e. The van der Waals surface area contributed by atoms with Crippen LogP contribution in [0, 0.1) is 4.64 Å². The zero-order valence-electron chi connectivity index (χ0n) is 9.20. The Morgan fingerprint density at radius 2 is 2.40 bits per heavy atom. The van der Waals surface area contributed by atoms with Crippen molar-refractivity contribution in [1.82, 2.24) is 9.88 Å². The molecule has 3 heteroatoms.